The molecule has 32 heavy (non-hydrogen) atoms. The summed E-state index contributed by atoms with van der Waals surface area (Å²) in [7, 11) is -3.49. The maximum atomic E-state index is 13.0. The van der Waals surface area contributed by atoms with Crippen molar-refractivity contribution in [2.75, 3.05) is 59.5 Å². The molecule has 0 saturated heterocycles. The highest BCUT2D eigenvalue weighted by Crippen LogP contribution is 2.50. The van der Waals surface area contributed by atoms with Crippen LogP contribution in [-0.4, -0.2) is 59.5 Å². The molecule has 8 heteroatoms. The summed E-state index contributed by atoms with van der Waals surface area (Å²) >= 11 is 0. The van der Waals surface area contributed by atoms with Crippen molar-refractivity contribution in [3.63, 3.8) is 0 Å². The van der Waals surface area contributed by atoms with Crippen molar-refractivity contribution in [2.45, 2.75) is 97.8 Å². The third kappa shape index (κ3) is 23.2. The second kappa shape index (κ2) is 25.6. The van der Waals surface area contributed by atoms with Crippen LogP contribution in [0.15, 0.2) is 0 Å². The quantitative estimate of drug-likeness (QED) is 0.0928. The van der Waals surface area contributed by atoms with E-state index in [9.17, 15) is 4.57 Å². The van der Waals surface area contributed by atoms with Gasteiger partial charge in [-0.1, -0.05) is 38.5 Å². The average Bonchev–Trinajstić information content (AvgIpc) is 2.79. The Bertz CT molecular complexity index is 353. The lowest BCUT2D eigenvalue weighted by atomic mass is 10.2. The molecule has 194 valence electrons. The molecule has 0 aliphatic heterocycles. The molecule has 0 rings (SSSR count). The van der Waals surface area contributed by atoms with Gasteiger partial charge >= 0.3 is 7.82 Å². The molecule has 0 aromatic heterocycles. The molecule has 0 aromatic rings. The van der Waals surface area contributed by atoms with Crippen molar-refractivity contribution < 1.29 is 32.3 Å². The minimum Gasteiger partial charge on any atom is -0.382 e. The molecule has 0 amide bonds. The maximum absolute atomic E-state index is 13.0. The van der Waals surface area contributed by atoms with E-state index in [-0.39, 0.29) is 0 Å². The smallest absolute Gasteiger partial charge is 0.382 e. The summed E-state index contributed by atoms with van der Waals surface area (Å²) in [5, 5.41) is 0. The van der Waals surface area contributed by atoms with Gasteiger partial charge in [-0.25, -0.2) is 4.57 Å². The summed E-state index contributed by atoms with van der Waals surface area (Å²) in [5.74, 6) is 0. The number of ether oxygens (including phenoxy) is 3. The van der Waals surface area contributed by atoms with Crippen LogP contribution >= 0.6 is 7.82 Å². The van der Waals surface area contributed by atoms with E-state index in [1.165, 1.54) is 0 Å². The van der Waals surface area contributed by atoms with E-state index >= 15 is 0 Å². The van der Waals surface area contributed by atoms with E-state index in [0.717, 1.165) is 117 Å². The fraction of sp³-hybridized carbons (Fsp3) is 1.00. The first-order valence-electron chi connectivity index (χ1n) is 12.9. The first-order chi connectivity index (χ1) is 15.7. The number of hydrogen-bond acceptors (Lipinski definition) is 7. The van der Waals surface area contributed by atoms with Gasteiger partial charge in [-0.15, -0.1) is 0 Å². The highest BCUT2D eigenvalue weighted by atomic mass is 31.2. The minimum absolute atomic E-state index is 0.397. The summed E-state index contributed by atoms with van der Waals surface area (Å²) in [4.78, 5) is 0. The van der Waals surface area contributed by atoms with E-state index in [0.29, 0.717) is 19.8 Å². The topological polar surface area (TPSA) is 72.5 Å². The van der Waals surface area contributed by atoms with Crippen molar-refractivity contribution in [1.29, 1.82) is 0 Å². The summed E-state index contributed by atoms with van der Waals surface area (Å²) in [6, 6.07) is 0. The van der Waals surface area contributed by atoms with E-state index in [1.54, 1.807) is 0 Å². The molecule has 0 radical (unpaired) electrons. The minimum atomic E-state index is -3.49. The molecular weight excluding hydrogens is 431 g/mol. The van der Waals surface area contributed by atoms with Crippen molar-refractivity contribution in [3.05, 3.63) is 0 Å². The van der Waals surface area contributed by atoms with Crippen LogP contribution in [0.3, 0.4) is 0 Å². The standard InChI is InChI=1S/C24H51O7P/c1-4-26-19-13-7-10-16-22-29-32(25,30-23-17-11-8-14-20-27-5-2)31-24-18-12-9-15-21-28-6-3/h4-24H2,1-3H3. The van der Waals surface area contributed by atoms with Crippen LogP contribution in [0, 0.1) is 0 Å². The molecule has 0 aromatic carbocycles. The van der Waals surface area contributed by atoms with Crippen molar-refractivity contribution >= 4 is 7.82 Å². The zero-order chi connectivity index (χ0) is 23.6. The van der Waals surface area contributed by atoms with E-state index in [2.05, 4.69) is 0 Å². The van der Waals surface area contributed by atoms with Crippen LogP contribution < -0.4 is 0 Å². The number of phosphoric ester groups is 1. The Morgan fingerprint density at radius 1 is 0.406 bits per heavy atom. The van der Waals surface area contributed by atoms with Gasteiger partial charge in [-0.3, -0.25) is 13.6 Å². The molecule has 0 heterocycles. The molecule has 0 N–H and O–H groups in total. The Morgan fingerprint density at radius 2 is 0.656 bits per heavy atom. The van der Waals surface area contributed by atoms with Gasteiger partial charge in [0.15, 0.2) is 0 Å². The SMILES string of the molecule is CCOCCCCCCOP(=O)(OCCCCCCOCC)OCCCCCCOCC. The lowest BCUT2D eigenvalue weighted by Crippen LogP contribution is -2.05. The summed E-state index contributed by atoms with van der Waals surface area (Å²) in [5.41, 5.74) is 0. The first-order valence-corrected chi connectivity index (χ1v) is 14.4. The van der Waals surface area contributed by atoms with Gasteiger partial charge in [0.2, 0.25) is 0 Å². The molecule has 0 spiro atoms. The van der Waals surface area contributed by atoms with Crippen LogP contribution in [0.25, 0.3) is 0 Å². The molecule has 0 bridgehead atoms. The molecule has 0 aliphatic carbocycles. The molecule has 0 atom stereocenters. The third-order valence-electron chi connectivity index (χ3n) is 4.91. The molecule has 0 unspecified atom stereocenters. The van der Waals surface area contributed by atoms with Gasteiger partial charge in [-0.2, -0.15) is 0 Å². The zero-order valence-electron chi connectivity index (χ0n) is 21.2. The Morgan fingerprint density at radius 3 is 0.906 bits per heavy atom. The number of hydrogen-bond donors (Lipinski definition) is 0. The fourth-order valence-corrected chi connectivity index (χ4v) is 4.33. The predicted molar refractivity (Wildman–Crippen MR) is 130 cm³/mol. The Kier molecular flexibility index (Phi) is 25.6. The zero-order valence-corrected chi connectivity index (χ0v) is 22.0. The summed E-state index contributed by atoms with van der Waals surface area (Å²) in [6.45, 7) is 11.9. The Balaban J connectivity index is 4.06. The summed E-state index contributed by atoms with van der Waals surface area (Å²) in [6.07, 6.45) is 12.0. The van der Waals surface area contributed by atoms with E-state index < -0.39 is 7.82 Å². The van der Waals surface area contributed by atoms with E-state index in [4.69, 9.17) is 27.8 Å². The molecular formula is C24H51O7P. The maximum Gasteiger partial charge on any atom is 0.474 e. The van der Waals surface area contributed by atoms with Crippen molar-refractivity contribution in [3.8, 4) is 0 Å². The van der Waals surface area contributed by atoms with Gasteiger partial charge < -0.3 is 14.2 Å². The van der Waals surface area contributed by atoms with Crippen LogP contribution in [0.5, 0.6) is 0 Å². The van der Waals surface area contributed by atoms with E-state index in [1.807, 2.05) is 20.8 Å². The van der Waals surface area contributed by atoms with Crippen LogP contribution in [0.1, 0.15) is 97.8 Å². The lowest BCUT2D eigenvalue weighted by Gasteiger charge is -2.18. The number of phosphoric acid groups is 1. The molecule has 0 saturated carbocycles. The highest BCUT2D eigenvalue weighted by Gasteiger charge is 2.26. The molecule has 0 aliphatic rings. The van der Waals surface area contributed by atoms with Crippen LogP contribution in [-0.2, 0) is 32.3 Å². The van der Waals surface area contributed by atoms with Crippen molar-refractivity contribution in [1.82, 2.24) is 0 Å². The molecule has 7 nitrogen and oxygen atoms in total. The van der Waals surface area contributed by atoms with Gasteiger partial charge in [0.05, 0.1) is 19.8 Å². The Labute approximate surface area is 197 Å². The second-order valence-electron chi connectivity index (χ2n) is 7.78. The lowest BCUT2D eigenvalue weighted by molar-refractivity contribution is 0.106. The van der Waals surface area contributed by atoms with Crippen LogP contribution in [0.4, 0.5) is 0 Å². The normalized spacial score (nSPS) is 12.0. The largest absolute Gasteiger partial charge is 0.474 e. The van der Waals surface area contributed by atoms with Gasteiger partial charge in [-0.05, 0) is 59.3 Å². The predicted octanol–water partition coefficient (Wildman–Crippen LogP) is 6.94. The van der Waals surface area contributed by atoms with Gasteiger partial charge in [0.1, 0.15) is 0 Å². The van der Waals surface area contributed by atoms with Crippen molar-refractivity contribution in [2.24, 2.45) is 0 Å². The number of rotatable bonds is 27. The van der Waals surface area contributed by atoms with Gasteiger partial charge in [0.25, 0.3) is 0 Å². The summed E-state index contributed by atoms with van der Waals surface area (Å²) < 4.78 is 45.9. The monoisotopic (exact) mass is 482 g/mol. The first kappa shape index (κ1) is 32.0. The second-order valence-corrected chi connectivity index (χ2v) is 9.45. The average molecular weight is 483 g/mol. The highest BCUT2D eigenvalue weighted by molar-refractivity contribution is 7.48. The Hall–Kier alpha value is -0.0100. The van der Waals surface area contributed by atoms with Crippen LogP contribution in [0.2, 0.25) is 0 Å². The fourth-order valence-electron chi connectivity index (χ4n) is 3.05. The molecule has 0 fully saturated rings. The van der Waals surface area contributed by atoms with Gasteiger partial charge in [0, 0.05) is 39.6 Å². The number of unbranched alkanes of at least 4 members (excludes halogenated alkanes) is 9. The third-order valence-corrected chi connectivity index (χ3v) is 6.41.